The Labute approximate surface area is 151 Å². The first-order valence-electron chi connectivity index (χ1n) is 7.95. The molecule has 26 heavy (non-hydrogen) atoms. The number of likely N-dealkylation sites (tertiary alicyclic amines) is 1. The largest absolute Gasteiger partial charge is 0.497 e. The van der Waals surface area contributed by atoms with Gasteiger partial charge in [0.15, 0.2) is 0 Å². The number of amides is 1. The van der Waals surface area contributed by atoms with E-state index < -0.39 is 33.5 Å². The van der Waals surface area contributed by atoms with Crippen LogP contribution >= 0.6 is 0 Å². The van der Waals surface area contributed by atoms with Crippen molar-refractivity contribution >= 4 is 15.9 Å². The summed E-state index contributed by atoms with van der Waals surface area (Å²) in [4.78, 5) is 13.5. The van der Waals surface area contributed by atoms with Crippen molar-refractivity contribution in [2.75, 3.05) is 33.6 Å². The Hall–Kier alpha value is -1.94. The lowest BCUT2D eigenvalue weighted by Gasteiger charge is -2.35. The predicted octanol–water partition coefficient (Wildman–Crippen LogP) is 1.34. The topological polar surface area (TPSA) is 84.9 Å². The molecule has 7 nitrogen and oxygen atoms in total. The number of carbonyl (C=O) groups excluding carboxylic acids is 1. The first-order valence-corrected chi connectivity index (χ1v) is 9.84. The summed E-state index contributed by atoms with van der Waals surface area (Å²) in [6.45, 7) is 0.0103. The van der Waals surface area contributed by atoms with Crippen molar-refractivity contribution in [2.45, 2.75) is 24.8 Å². The van der Waals surface area contributed by atoms with Gasteiger partial charge in [-0.2, -0.15) is 8.78 Å². The van der Waals surface area contributed by atoms with E-state index in [0.717, 1.165) is 17.2 Å². The van der Waals surface area contributed by atoms with Crippen molar-refractivity contribution < 1.29 is 31.5 Å². The second kappa shape index (κ2) is 7.75. The summed E-state index contributed by atoms with van der Waals surface area (Å²) >= 11 is 0. The molecule has 1 aliphatic heterocycles. The van der Waals surface area contributed by atoms with Crippen LogP contribution in [0.25, 0.3) is 0 Å². The molecule has 1 N–H and O–H groups in total. The van der Waals surface area contributed by atoms with E-state index in [9.17, 15) is 22.0 Å². The van der Waals surface area contributed by atoms with E-state index >= 15 is 0 Å². The van der Waals surface area contributed by atoms with Gasteiger partial charge in [-0.05, 0) is 31.0 Å². The summed E-state index contributed by atoms with van der Waals surface area (Å²) in [6.07, 6.45) is 1.89. The number of piperidine rings is 1. The van der Waals surface area contributed by atoms with Crippen LogP contribution in [-0.2, 0) is 20.7 Å². The first kappa shape index (κ1) is 20.4. The van der Waals surface area contributed by atoms with Gasteiger partial charge in [0.2, 0.25) is 10.0 Å². The number of benzene rings is 1. The minimum atomic E-state index is -3.84. The molecule has 1 aromatic rings. The zero-order valence-electron chi connectivity index (χ0n) is 14.8. The number of methoxy groups -OCH3 is 2. The summed E-state index contributed by atoms with van der Waals surface area (Å²) < 4.78 is 64.8. The third-order valence-electron chi connectivity index (χ3n) is 4.10. The summed E-state index contributed by atoms with van der Waals surface area (Å²) in [5.74, 6) is -5.20. The minimum Gasteiger partial charge on any atom is -0.497 e. The fourth-order valence-electron chi connectivity index (χ4n) is 2.93. The molecule has 0 aromatic heterocycles. The number of ether oxygens (including phenoxy) is 2. The highest BCUT2D eigenvalue weighted by Crippen LogP contribution is 2.39. The van der Waals surface area contributed by atoms with Crippen molar-refractivity contribution in [1.82, 2.24) is 9.62 Å². The van der Waals surface area contributed by atoms with Crippen molar-refractivity contribution in [3.63, 3.8) is 0 Å². The average Bonchev–Trinajstić information content (AvgIpc) is 2.59. The lowest BCUT2D eigenvalue weighted by molar-refractivity contribution is -0.160. The van der Waals surface area contributed by atoms with Crippen LogP contribution in [0.3, 0.4) is 0 Å². The number of sulfonamides is 1. The molecule has 1 aromatic carbocycles. The monoisotopic (exact) mass is 392 g/mol. The smallest absolute Gasteiger partial charge is 0.353 e. The number of hydrogen-bond donors (Lipinski definition) is 1. The van der Waals surface area contributed by atoms with Gasteiger partial charge < -0.3 is 14.4 Å². The molecule has 10 heteroatoms. The van der Waals surface area contributed by atoms with Crippen LogP contribution in [0.5, 0.6) is 11.5 Å². The van der Waals surface area contributed by atoms with Gasteiger partial charge in [0.1, 0.15) is 11.5 Å². The van der Waals surface area contributed by atoms with Gasteiger partial charge in [-0.3, -0.25) is 4.79 Å². The molecule has 146 valence electrons. The lowest BCUT2D eigenvalue weighted by Crippen LogP contribution is -2.52. The Kier molecular flexibility index (Phi) is 6.07. The summed E-state index contributed by atoms with van der Waals surface area (Å²) in [6, 6.07) is 3.23. The van der Waals surface area contributed by atoms with Gasteiger partial charge >= 0.3 is 5.92 Å². The maximum atomic E-state index is 14.9. The molecule has 2 rings (SSSR count). The SMILES string of the molecule is COc1ccc(OC)c(C(F)(F)C(=O)N2CCC[C@@H](NS(C)(=O)=O)C2)c1. The molecule has 1 saturated heterocycles. The summed E-state index contributed by atoms with van der Waals surface area (Å²) in [7, 11) is -0.926. The molecule has 1 fully saturated rings. The third-order valence-corrected chi connectivity index (χ3v) is 4.86. The number of carbonyl (C=O) groups is 1. The molecule has 0 radical (unpaired) electrons. The fraction of sp³-hybridized carbons (Fsp3) is 0.562. The molecule has 1 atom stereocenters. The zero-order valence-corrected chi connectivity index (χ0v) is 15.6. The minimum absolute atomic E-state index is 0.117. The van der Waals surface area contributed by atoms with Crippen LogP contribution in [0.2, 0.25) is 0 Å². The number of rotatable bonds is 6. The van der Waals surface area contributed by atoms with E-state index in [0.29, 0.717) is 12.8 Å². The highest BCUT2D eigenvalue weighted by Gasteiger charge is 2.47. The van der Waals surface area contributed by atoms with Crippen molar-refractivity contribution in [1.29, 1.82) is 0 Å². The van der Waals surface area contributed by atoms with Crippen molar-refractivity contribution in [3.8, 4) is 11.5 Å². The van der Waals surface area contributed by atoms with Crippen LogP contribution in [0.1, 0.15) is 18.4 Å². The second-order valence-corrected chi connectivity index (χ2v) is 7.90. The van der Waals surface area contributed by atoms with E-state index in [1.165, 1.54) is 26.4 Å². The quantitative estimate of drug-likeness (QED) is 0.790. The zero-order chi connectivity index (χ0) is 19.5. The van der Waals surface area contributed by atoms with Gasteiger partial charge in [-0.25, -0.2) is 13.1 Å². The standard InChI is InChI=1S/C16H22F2N2O5S/c1-24-12-6-7-14(25-2)13(9-12)16(17,18)15(21)20-8-4-5-11(10-20)19-26(3,22)23/h6-7,9,11,19H,4-5,8,10H2,1-3H3/t11-/m1/s1. The van der Waals surface area contributed by atoms with Crippen molar-refractivity contribution in [3.05, 3.63) is 23.8 Å². The summed E-state index contributed by atoms with van der Waals surface area (Å²) in [5, 5.41) is 0. The fourth-order valence-corrected chi connectivity index (χ4v) is 3.73. The summed E-state index contributed by atoms with van der Waals surface area (Å²) in [5.41, 5.74) is -0.595. The Morgan fingerprint density at radius 1 is 1.31 bits per heavy atom. The van der Waals surface area contributed by atoms with E-state index in [1.54, 1.807) is 0 Å². The Balaban J connectivity index is 2.27. The van der Waals surface area contributed by atoms with E-state index in [2.05, 4.69) is 4.72 Å². The highest BCUT2D eigenvalue weighted by molar-refractivity contribution is 7.88. The maximum Gasteiger partial charge on any atom is 0.353 e. The molecule has 1 heterocycles. The molecule has 0 aliphatic carbocycles. The molecular formula is C16H22F2N2O5S. The number of nitrogens with zero attached hydrogens (tertiary/aromatic N) is 1. The Morgan fingerprint density at radius 3 is 2.58 bits per heavy atom. The van der Waals surface area contributed by atoms with Gasteiger partial charge in [0, 0.05) is 19.1 Å². The number of alkyl halides is 2. The molecule has 0 unspecified atom stereocenters. The highest BCUT2D eigenvalue weighted by atomic mass is 32.2. The lowest BCUT2D eigenvalue weighted by atomic mass is 10.0. The third kappa shape index (κ3) is 4.61. The molecule has 0 bridgehead atoms. The van der Waals surface area contributed by atoms with Crippen LogP contribution in [0.15, 0.2) is 18.2 Å². The van der Waals surface area contributed by atoms with Gasteiger partial charge in [0.25, 0.3) is 5.91 Å². The Morgan fingerprint density at radius 2 is 2.00 bits per heavy atom. The predicted molar refractivity (Wildman–Crippen MR) is 91.0 cm³/mol. The average molecular weight is 392 g/mol. The molecule has 0 saturated carbocycles. The molecule has 1 amide bonds. The van der Waals surface area contributed by atoms with Gasteiger partial charge in [-0.15, -0.1) is 0 Å². The molecule has 0 spiro atoms. The van der Waals surface area contributed by atoms with Crippen molar-refractivity contribution in [2.24, 2.45) is 0 Å². The van der Waals surface area contributed by atoms with Crippen LogP contribution in [0, 0.1) is 0 Å². The number of nitrogens with one attached hydrogen (secondary N) is 1. The number of hydrogen-bond acceptors (Lipinski definition) is 5. The molecular weight excluding hydrogens is 370 g/mol. The number of halogens is 2. The van der Waals surface area contributed by atoms with E-state index in [-0.39, 0.29) is 24.6 Å². The van der Waals surface area contributed by atoms with E-state index in [1.807, 2.05) is 0 Å². The normalized spacial score (nSPS) is 18.5. The van der Waals surface area contributed by atoms with Gasteiger partial charge in [0.05, 0.1) is 26.0 Å². The van der Waals surface area contributed by atoms with Crippen LogP contribution in [0.4, 0.5) is 8.78 Å². The van der Waals surface area contributed by atoms with E-state index in [4.69, 9.17) is 9.47 Å². The Bertz CT molecular complexity index is 770. The second-order valence-electron chi connectivity index (χ2n) is 6.12. The van der Waals surface area contributed by atoms with Crippen LogP contribution in [-0.4, -0.2) is 58.8 Å². The first-order chi connectivity index (χ1) is 12.1. The van der Waals surface area contributed by atoms with Gasteiger partial charge in [-0.1, -0.05) is 0 Å². The van der Waals surface area contributed by atoms with Crippen LogP contribution < -0.4 is 14.2 Å². The maximum absolute atomic E-state index is 14.9. The molecule has 1 aliphatic rings.